The third-order valence-electron chi connectivity index (χ3n) is 10.2. The van der Waals surface area contributed by atoms with Gasteiger partial charge in [0.2, 0.25) is 11.8 Å². The van der Waals surface area contributed by atoms with E-state index in [2.05, 4.69) is 24.1 Å². The van der Waals surface area contributed by atoms with Crippen molar-refractivity contribution in [3.8, 4) is 28.6 Å². The van der Waals surface area contributed by atoms with Crippen LogP contribution in [0.1, 0.15) is 73.9 Å². The standard InChI is InChI=1S/C23H20F2N2O.C17H12F5NO3S.C7H10BNO3.Pd/c1-2-28-22-13-10-17(14-26-22)15-6-8-16(9-7-15)20-11-12-21(27-20)23-18(24)4-3-5-19(23)25;18-12-2-1-3-13(19)16(12)15-9-8-14(23-15)10-4-6-11(7-5-10)26-27(24,25)17(20,21)22;1-2-12-7-4-3-6(5-9-7)8(10)11;/h3-10,13-14,20H,2,11-12H2,1H3;1-7,14H,8-9H2;3-5,10-11H,2H2,1H3;. The van der Waals surface area contributed by atoms with E-state index >= 15 is 0 Å². The van der Waals surface area contributed by atoms with E-state index in [9.17, 15) is 39.2 Å². The molecule has 360 valence electrons. The Morgan fingerprint density at radius 1 is 0.618 bits per heavy atom. The van der Waals surface area contributed by atoms with Crippen LogP contribution in [0.3, 0.4) is 0 Å². The molecule has 0 aliphatic carbocycles. The topological polar surface area (TPSA) is 153 Å². The number of nitrogens with zero attached hydrogens (tertiary/aromatic N) is 4. The van der Waals surface area contributed by atoms with E-state index in [0.717, 1.165) is 47.4 Å². The summed E-state index contributed by atoms with van der Waals surface area (Å²) in [6, 6.07) is 26.8. The molecule has 0 spiro atoms. The van der Waals surface area contributed by atoms with E-state index in [0.29, 0.717) is 61.0 Å². The molecule has 0 saturated heterocycles. The summed E-state index contributed by atoms with van der Waals surface area (Å²) in [7, 11) is -7.21. The maximum absolute atomic E-state index is 14.0. The minimum absolute atomic E-state index is 0. The second kappa shape index (κ2) is 23.8. The van der Waals surface area contributed by atoms with E-state index in [-0.39, 0.29) is 43.3 Å². The fourth-order valence-corrected chi connectivity index (χ4v) is 7.43. The second-order valence-corrected chi connectivity index (χ2v) is 16.2. The molecule has 2 aliphatic rings. The molecule has 11 nitrogen and oxygen atoms in total. The van der Waals surface area contributed by atoms with Gasteiger partial charge in [0.15, 0.2) is 0 Å². The van der Waals surface area contributed by atoms with Gasteiger partial charge in [-0.05, 0) is 105 Å². The number of hydrogen-bond donors (Lipinski definition) is 2. The van der Waals surface area contributed by atoms with Crippen LogP contribution in [-0.2, 0) is 30.5 Å². The summed E-state index contributed by atoms with van der Waals surface area (Å²) in [4.78, 5) is 17.0. The average Bonchev–Trinajstić information content (AvgIpc) is 3.99. The van der Waals surface area contributed by atoms with Crippen LogP contribution in [0.4, 0.5) is 30.7 Å². The Balaban J connectivity index is 0.000000204. The summed E-state index contributed by atoms with van der Waals surface area (Å²) in [5.41, 5.74) is -0.971. The normalized spacial score (nSPS) is 15.3. The molecule has 2 unspecified atom stereocenters. The van der Waals surface area contributed by atoms with Crippen LogP contribution < -0.4 is 19.1 Å². The van der Waals surface area contributed by atoms with Gasteiger partial charge in [0.25, 0.3) is 0 Å². The summed E-state index contributed by atoms with van der Waals surface area (Å²) in [6.45, 7) is 4.91. The van der Waals surface area contributed by atoms with Crippen LogP contribution in [0.15, 0.2) is 132 Å². The smallest absolute Gasteiger partial charge is 0.478 e. The summed E-state index contributed by atoms with van der Waals surface area (Å²) >= 11 is 0. The van der Waals surface area contributed by atoms with Gasteiger partial charge in [-0.1, -0.05) is 54.6 Å². The second-order valence-electron chi connectivity index (χ2n) is 14.7. The average molecular weight is 1060 g/mol. The third kappa shape index (κ3) is 13.6. The van der Waals surface area contributed by atoms with Gasteiger partial charge in [-0.3, -0.25) is 9.98 Å². The molecule has 2 aromatic heterocycles. The summed E-state index contributed by atoms with van der Waals surface area (Å²) in [6.07, 6.45) is 5.23. The first-order valence-electron chi connectivity index (χ1n) is 20.7. The zero-order valence-corrected chi connectivity index (χ0v) is 38.5. The van der Waals surface area contributed by atoms with E-state index in [1.807, 2.05) is 50.2 Å². The molecular weight excluding hydrogens is 1010 g/mol. The molecule has 6 aromatic rings. The number of benzene rings is 4. The Bertz CT molecular complexity index is 2750. The van der Waals surface area contributed by atoms with Gasteiger partial charge in [0.05, 0.1) is 36.4 Å². The van der Waals surface area contributed by atoms with Crippen molar-refractivity contribution in [2.45, 2.75) is 57.1 Å². The number of alkyl halides is 3. The first kappa shape index (κ1) is 53.0. The number of hydrogen-bond acceptors (Lipinski definition) is 11. The van der Waals surface area contributed by atoms with Crippen LogP contribution >= 0.6 is 0 Å². The van der Waals surface area contributed by atoms with Crippen molar-refractivity contribution in [3.63, 3.8) is 0 Å². The van der Waals surface area contributed by atoms with Crippen molar-refractivity contribution in [3.05, 3.63) is 167 Å². The van der Waals surface area contributed by atoms with Gasteiger partial charge < -0.3 is 23.7 Å². The minimum atomic E-state index is -5.75. The molecule has 0 radical (unpaired) electrons. The fourth-order valence-electron chi connectivity index (χ4n) is 6.97. The number of rotatable bonds is 12. The van der Waals surface area contributed by atoms with Gasteiger partial charge in [0.1, 0.15) is 29.0 Å². The zero-order chi connectivity index (χ0) is 48.3. The molecule has 8 rings (SSSR count). The molecule has 2 aliphatic heterocycles. The Morgan fingerprint density at radius 3 is 1.43 bits per heavy atom. The van der Waals surface area contributed by atoms with Gasteiger partial charge in [0, 0.05) is 61.3 Å². The molecule has 4 aromatic carbocycles. The molecule has 0 fully saturated rings. The molecule has 0 bridgehead atoms. The Labute approximate surface area is 401 Å². The first-order chi connectivity index (χ1) is 32.0. The number of ether oxygens (including phenoxy) is 2. The summed E-state index contributed by atoms with van der Waals surface area (Å²) < 4.78 is 129. The predicted octanol–water partition coefficient (Wildman–Crippen LogP) is 9.42. The predicted molar refractivity (Wildman–Crippen MR) is 238 cm³/mol. The zero-order valence-electron chi connectivity index (χ0n) is 36.1. The van der Waals surface area contributed by atoms with Crippen molar-refractivity contribution in [2.24, 2.45) is 9.98 Å². The summed E-state index contributed by atoms with van der Waals surface area (Å²) in [5.74, 6) is -1.97. The van der Waals surface area contributed by atoms with Crippen molar-refractivity contribution in [2.75, 3.05) is 13.2 Å². The molecule has 21 heteroatoms. The summed E-state index contributed by atoms with van der Waals surface area (Å²) in [5, 5.41) is 17.4. The van der Waals surface area contributed by atoms with Gasteiger partial charge >= 0.3 is 22.7 Å². The van der Waals surface area contributed by atoms with Crippen LogP contribution in [-0.4, -0.2) is 65.7 Å². The fraction of sp³-hybridized carbons (Fsp3) is 0.234. The van der Waals surface area contributed by atoms with Crippen LogP contribution in [0.25, 0.3) is 11.1 Å². The Hall–Kier alpha value is -5.97. The van der Waals surface area contributed by atoms with E-state index in [4.69, 9.17) is 19.5 Å². The quantitative estimate of drug-likeness (QED) is 0.0529. The molecule has 2 atom stereocenters. The minimum Gasteiger partial charge on any atom is -0.478 e. The van der Waals surface area contributed by atoms with E-state index in [1.165, 1.54) is 42.6 Å². The maximum atomic E-state index is 14.0. The third-order valence-corrected chi connectivity index (χ3v) is 11.2. The van der Waals surface area contributed by atoms with Crippen molar-refractivity contribution in [1.82, 2.24) is 9.97 Å². The maximum Gasteiger partial charge on any atom is 0.534 e. The van der Waals surface area contributed by atoms with Crippen molar-refractivity contribution < 1.29 is 83.3 Å². The van der Waals surface area contributed by atoms with Crippen LogP contribution in [0.5, 0.6) is 17.5 Å². The number of halogens is 7. The molecule has 4 heterocycles. The molecule has 0 saturated carbocycles. The Morgan fingerprint density at radius 2 is 1.04 bits per heavy atom. The SMILES string of the molecule is CCOc1ccc(-c2ccc(C3CCC(c4c(F)cccc4F)=N3)cc2)cn1.CCOc1ccc(B(O)O)cn1.O=S(=O)(Oc1ccc(C2CCC(c3c(F)cccc3F)=N2)cc1)C(F)(F)F.[Pd]. The van der Waals surface area contributed by atoms with Gasteiger partial charge in [-0.2, -0.15) is 21.6 Å². The van der Waals surface area contributed by atoms with Crippen LogP contribution in [0, 0.1) is 23.3 Å². The first-order valence-corrected chi connectivity index (χ1v) is 22.2. The monoisotopic (exact) mass is 1060 g/mol. The number of pyridine rings is 2. The van der Waals surface area contributed by atoms with Gasteiger partial charge in [-0.15, -0.1) is 0 Å². The molecular formula is C47H42BF7N4O7PdS. The van der Waals surface area contributed by atoms with Crippen molar-refractivity contribution >= 4 is 34.1 Å². The van der Waals surface area contributed by atoms with E-state index < -0.39 is 57.8 Å². The Kier molecular flexibility index (Phi) is 18.6. The van der Waals surface area contributed by atoms with E-state index in [1.54, 1.807) is 18.3 Å². The van der Waals surface area contributed by atoms with Crippen LogP contribution in [0.2, 0.25) is 0 Å². The molecule has 0 amide bonds. The largest absolute Gasteiger partial charge is 0.534 e. The molecule has 68 heavy (non-hydrogen) atoms. The van der Waals surface area contributed by atoms with Gasteiger partial charge in [-0.25, -0.2) is 27.5 Å². The number of aromatic nitrogens is 2. The number of aliphatic imine (C=N–C) groups is 2. The van der Waals surface area contributed by atoms with Crippen molar-refractivity contribution in [1.29, 1.82) is 0 Å². The molecule has 2 N–H and O–H groups in total.